The molecule has 1 atom stereocenters. The molecule has 1 saturated heterocycles. The third-order valence-corrected chi connectivity index (χ3v) is 6.29. The van der Waals surface area contributed by atoms with Gasteiger partial charge in [0, 0.05) is 18.4 Å². The van der Waals surface area contributed by atoms with E-state index in [0.29, 0.717) is 35.3 Å². The van der Waals surface area contributed by atoms with Crippen LogP contribution in [0.25, 0.3) is 22.3 Å². The largest absolute Gasteiger partial charge is 0.356 e. The molecule has 4 rings (SSSR count). The van der Waals surface area contributed by atoms with Crippen molar-refractivity contribution in [3.05, 3.63) is 70.9 Å². The highest BCUT2D eigenvalue weighted by molar-refractivity contribution is 7.90. The number of halogens is 1. The Labute approximate surface area is 173 Å². The number of sulfone groups is 1. The van der Waals surface area contributed by atoms with Crippen molar-refractivity contribution >= 4 is 9.84 Å². The molecule has 0 N–H and O–H groups in total. The molecular formula is C22H21FN2O4S. The minimum atomic E-state index is -3.34. The summed E-state index contributed by atoms with van der Waals surface area (Å²) in [5.74, 6) is -0.400. The number of aromatic nitrogens is 2. The van der Waals surface area contributed by atoms with Gasteiger partial charge in [-0.2, -0.15) is 5.10 Å². The molecule has 0 spiro atoms. The van der Waals surface area contributed by atoms with E-state index in [-0.39, 0.29) is 10.5 Å². The van der Waals surface area contributed by atoms with Crippen molar-refractivity contribution < 1.29 is 17.5 Å². The van der Waals surface area contributed by atoms with E-state index in [4.69, 9.17) is 4.74 Å². The van der Waals surface area contributed by atoms with Crippen LogP contribution in [0.5, 0.6) is 0 Å². The second-order valence-electron chi connectivity index (χ2n) is 7.31. The van der Waals surface area contributed by atoms with Crippen molar-refractivity contribution in [3.8, 4) is 22.3 Å². The first-order valence-corrected chi connectivity index (χ1v) is 11.5. The maximum Gasteiger partial charge on any atom is 0.277 e. The fraction of sp³-hybridized carbons (Fsp3) is 0.273. The van der Waals surface area contributed by atoms with Gasteiger partial charge < -0.3 is 4.74 Å². The summed E-state index contributed by atoms with van der Waals surface area (Å²) in [7, 11) is -3.34. The van der Waals surface area contributed by atoms with Crippen LogP contribution in [-0.2, 0) is 14.6 Å². The van der Waals surface area contributed by atoms with E-state index in [9.17, 15) is 17.6 Å². The first-order chi connectivity index (χ1) is 14.3. The fourth-order valence-corrected chi connectivity index (χ4v) is 4.21. The average Bonchev–Trinajstić information content (AvgIpc) is 2.74. The van der Waals surface area contributed by atoms with Crippen LogP contribution in [0.4, 0.5) is 4.39 Å². The molecule has 2 aromatic carbocycles. The van der Waals surface area contributed by atoms with Crippen LogP contribution >= 0.6 is 0 Å². The van der Waals surface area contributed by atoms with E-state index in [1.165, 1.54) is 28.9 Å². The lowest BCUT2D eigenvalue weighted by molar-refractivity contribution is -0.0423. The summed E-state index contributed by atoms with van der Waals surface area (Å²) in [6.45, 7) is 0.569. The average molecular weight is 428 g/mol. The Balaban J connectivity index is 1.88. The molecule has 0 bridgehead atoms. The summed E-state index contributed by atoms with van der Waals surface area (Å²) in [6.07, 6.45) is 4.86. The molecule has 0 radical (unpaired) electrons. The first-order valence-electron chi connectivity index (χ1n) is 9.64. The number of ether oxygens (including phenoxy) is 1. The molecule has 0 saturated carbocycles. The van der Waals surface area contributed by atoms with Gasteiger partial charge >= 0.3 is 0 Å². The van der Waals surface area contributed by atoms with Gasteiger partial charge in [-0.15, -0.1) is 0 Å². The van der Waals surface area contributed by atoms with Gasteiger partial charge in [0.05, 0.1) is 16.7 Å². The van der Waals surface area contributed by atoms with Gasteiger partial charge in [-0.1, -0.05) is 24.3 Å². The SMILES string of the molecule is CS(=O)(=O)c1ccc(-c2cnn(C3CCCCO3)c(=O)c2-c2ccc(F)cc2)cc1. The number of nitrogens with zero attached hydrogens (tertiary/aromatic N) is 2. The second kappa shape index (κ2) is 8.12. The lowest BCUT2D eigenvalue weighted by atomic mass is 9.97. The highest BCUT2D eigenvalue weighted by atomic mass is 32.2. The zero-order valence-corrected chi connectivity index (χ0v) is 17.2. The molecule has 2 heterocycles. The topological polar surface area (TPSA) is 78.3 Å². The molecule has 1 fully saturated rings. The molecule has 1 aromatic heterocycles. The summed E-state index contributed by atoms with van der Waals surface area (Å²) in [6, 6.07) is 12.0. The Kier molecular flexibility index (Phi) is 5.53. The van der Waals surface area contributed by atoms with Crippen molar-refractivity contribution in [2.75, 3.05) is 12.9 Å². The Morgan fingerprint density at radius 2 is 1.70 bits per heavy atom. The molecule has 3 aromatic rings. The van der Waals surface area contributed by atoms with E-state index >= 15 is 0 Å². The minimum Gasteiger partial charge on any atom is -0.356 e. The van der Waals surface area contributed by atoms with E-state index in [1.807, 2.05) is 0 Å². The summed E-state index contributed by atoms with van der Waals surface area (Å²) >= 11 is 0. The molecule has 6 nitrogen and oxygen atoms in total. The van der Waals surface area contributed by atoms with Crippen molar-refractivity contribution in [2.24, 2.45) is 0 Å². The van der Waals surface area contributed by atoms with E-state index < -0.39 is 21.9 Å². The Morgan fingerprint density at radius 1 is 1.03 bits per heavy atom. The lowest BCUT2D eigenvalue weighted by Crippen LogP contribution is -2.32. The highest BCUT2D eigenvalue weighted by Gasteiger charge is 2.22. The predicted octanol–water partition coefficient (Wildman–Crippen LogP) is 3.82. The molecule has 8 heteroatoms. The van der Waals surface area contributed by atoms with E-state index in [1.54, 1.807) is 30.5 Å². The molecule has 30 heavy (non-hydrogen) atoms. The van der Waals surface area contributed by atoms with Gasteiger partial charge in [0.2, 0.25) is 0 Å². The van der Waals surface area contributed by atoms with Gasteiger partial charge in [-0.05, 0) is 54.7 Å². The Morgan fingerprint density at radius 3 is 2.30 bits per heavy atom. The standard InChI is InChI=1S/C22H21FN2O4S/c1-30(27,28)18-11-7-15(8-12-18)19-14-24-25(20-4-2-3-13-29-20)22(26)21(19)16-5-9-17(23)10-6-16/h5-12,14,20H,2-4,13H2,1H3. The third kappa shape index (κ3) is 4.06. The summed E-state index contributed by atoms with van der Waals surface area (Å²) < 4.78 is 44.1. The van der Waals surface area contributed by atoms with Gasteiger partial charge in [0.25, 0.3) is 5.56 Å². The molecule has 156 valence electrons. The van der Waals surface area contributed by atoms with Gasteiger partial charge in [0.15, 0.2) is 16.1 Å². The van der Waals surface area contributed by atoms with Crippen LogP contribution in [0, 0.1) is 5.82 Å². The summed E-state index contributed by atoms with van der Waals surface area (Å²) in [5.41, 5.74) is 1.77. The molecule has 0 amide bonds. The van der Waals surface area contributed by atoms with Crippen molar-refractivity contribution in [1.29, 1.82) is 0 Å². The maximum atomic E-state index is 13.5. The van der Waals surface area contributed by atoms with Crippen LogP contribution in [-0.4, -0.2) is 31.1 Å². The molecule has 1 unspecified atom stereocenters. The Hall–Kier alpha value is -2.84. The van der Waals surface area contributed by atoms with Crippen LogP contribution in [0.15, 0.2) is 64.4 Å². The minimum absolute atomic E-state index is 0.187. The fourth-order valence-electron chi connectivity index (χ4n) is 3.58. The summed E-state index contributed by atoms with van der Waals surface area (Å²) in [4.78, 5) is 13.6. The van der Waals surface area contributed by atoms with E-state index in [2.05, 4.69) is 5.10 Å². The molecule has 1 aliphatic rings. The third-order valence-electron chi connectivity index (χ3n) is 5.16. The first kappa shape index (κ1) is 20.4. The maximum absolute atomic E-state index is 13.5. The molecular weight excluding hydrogens is 407 g/mol. The quantitative estimate of drug-likeness (QED) is 0.631. The smallest absolute Gasteiger partial charge is 0.277 e. The zero-order valence-electron chi connectivity index (χ0n) is 16.4. The van der Waals surface area contributed by atoms with Crippen LogP contribution < -0.4 is 5.56 Å². The zero-order chi connectivity index (χ0) is 21.3. The van der Waals surface area contributed by atoms with Crippen molar-refractivity contribution in [3.63, 3.8) is 0 Å². The molecule has 1 aliphatic heterocycles. The lowest BCUT2D eigenvalue weighted by Gasteiger charge is -2.24. The monoisotopic (exact) mass is 428 g/mol. The van der Waals surface area contributed by atoms with Gasteiger partial charge in [0.1, 0.15) is 5.82 Å². The molecule has 0 aliphatic carbocycles. The van der Waals surface area contributed by atoms with Gasteiger partial charge in [-0.25, -0.2) is 17.5 Å². The predicted molar refractivity (Wildman–Crippen MR) is 111 cm³/mol. The van der Waals surface area contributed by atoms with Crippen LogP contribution in [0.1, 0.15) is 25.5 Å². The van der Waals surface area contributed by atoms with E-state index in [0.717, 1.165) is 19.1 Å². The number of rotatable bonds is 4. The second-order valence-corrected chi connectivity index (χ2v) is 9.32. The highest BCUT2D eigenvalue weighted by Crippen LogP contribution is 2.31. The number of hydrogen-bond donors (Lipinski definition) is 0. The normalized spacial score (nSPS) is 17.1. The Bertz CT molecular complexity index is 1210. The van der Waals surface area contributed by atoms with Crippen molar-refractivity contribution in [1.82, 2.24) is 9.78 Å². The number of hydrogen-bond acceptors (Lipinski definition) is 5. The van der Waals surface area contributed by atoms with Crippen molar-refractivity contribution in [2.45, 2.75) is 30.4 Å². The summed E-state index contributed by atoms with van der Waals surface area (Å²) in [5, 5.41) is 4.34. The van der Waals surface area contributed by atoms with Crippen LogP contribution in [0.2, 0.25) is 0 Å². The number of benzene rings is 2. The van der Waals surface area contributed by atoms with Crippen LogP contribution in [0.3, 0.4) is 0 Å². The van der Waals surface area contributed by atoms with Gasteiger partial charge in [-0.3, -0.25) is 4.79 Å².